The zero-order valence-corrected chi connectivity index (χ0v) is 13.7. The molecule has 0 radical (unpaired) electrons. The third-order valence-electron chi connectivity index (χ3n) is 3.96. The molecule has 1 aromatic carbocycles. The summed E-state index contributed by atoms with van der Waals surface area (Å²) < 4.78 is 26.7. The van der Waals surface area contributed by atoms with Gasteiger partial charge in [-0.05, 0) is 37.0 Å². The van der Waals surface area contributed by atoms with Gasteiger partial charge in [-0.15, -0.1) is 0 Å². The summed E-state index contributed by atoms with van der Waals surface area (Å²) in [4.78, 5) is 0.480. The largest absolute Gasteiger partial charge is 0.391 e. The molecule has 7 heteroatoms. The van der Waals surface area contributed by atoms with Crippen molar-refractivity contribution in [3.05, 3.63) is 29.3 Å². The van der Waals surface area contributed by atoms with Gasteiger partial charge in [0, 0.05) is 18.7 Å². The van der Waals surface area contributed by atoms with Gasteiger partial charge in [-0.25, -0.2) is 8.42 Å². The number of piperidine rings is 1. The number of aliphatic hydroxyl groups is 1. The zero-order chi connectivity index (χ0) is 15.8. The van der Waals surface area contributed by atoms with Gasteiger partial charge >= 0.3 is 0 Å². The fraction of sp³-hybridized carbons (Fsp3) is 0.500. The van der Waals surface area contributed by atoms with E-state index in [1.165, 1.54) is 10.4 Å². The number of thiocarbonyl (C=S) groups is 1. The van der Waals surface area contributed by atoms with Crippen LogP contribution < -0.4 is 5.73 Å². The van der Waals surface area contributed by atoms with Crippen LogP contribution in [0, 0.1) is 12.8 Å². The molecule has 2 rings (SSSR count). The van der Waals surface area contributed by atoms with E-state index in [4.69, 9.17) is 18.0 Å². The van der Waals surface area contributed by atoms with E-state index >= 15 is 0 Å². The molecule has 21 heavy (non-hydrogen) atoms. The van der Waals surface area contributed by atoms with Gasteiger partial charge in [-0.3, -0.25) is 0 Å². The van der Waals surface area contributed by atoms with Crippen LogP contribution in [0.5, 0.6) is 0 Å². The average Bonchev–Trinajstić information content (AvgIpc) is 2.41. The second-order valence-corrected chi connectivity index (χ2v) is 7.89. The standard InChI is InChI=1S/C14H20N2O3S2/c1-9-5-6-16(8-12(9)17)21(18,19)13-4-3-11(14(15)20)7-10(13)2/h3-4,7,9,12,17H,5-6,8H2,1-2H3,(H2,15,20). The van der Waals surface area contributed by atoms with E-state index in [0.717, 1.165) is 0 Å². The van der Waals surface area contributed by atoms with Crippen molar-refractivity contribution in [3.63, 3.8) is 0 Å². The zero-order valence-electron chi connectivity index (χ0n) is 12.1. The van der Waals surface area contributed by atoms with Crippen molar-refractivity contribution in [1.82, 2.24) is 4.31 Å². The molecule has 0 spiro atoms. The van der Waals surface area contributed by atoms with Crippen LogP contribution in [-0.2, 0) is 10.0 Å². The van der Waals surface area contributed by atoms with Crippen molar-refractivity contribution in [2.45, 2.75) is 31.3 Å². The van der Waals surface area contributed by atoms with Crippen molar-refractivity contribution in [1.29, 1.82) is 0 Å². The number of β-amino-alcohol motifs (C(OH)–C–C–N with tert-alkyl or cyclic N) is 1. The number of nitrogens with zero attached hydrogens (tertiary/aromatic N) is 1. The smallest absolute Gasteiger partial charge is 0.243 e. The summed E-state index contributed by atoms with van der Waals surface area (Å²) in [5.74, 6) is 0.120. The van der Waals surface area contributed by atoms with E-state index in [0.29, 0.717) is 24.1 Å². The maximum Gasteiger partial charge on any atom is 0.243 e. The average molecular weight is 328 g/mol. The molecule has 1 aromatic rings. The van der Waals surface area contributed by atoms with Crippen LogP contribution >= 0.6 is 12.2 Å². The first-order chi connectivity index (χ1) is 9.73. The predicted molar refractivity (Wildman–Crippen MR) is 85.6 cm³/mol. The molecule has 2 unspecified atom stereocenters. The van der Waals surface area contributed by atoms with Crippen LogP contribution in [0.1, 0.15) is 24.5 Å². The Morgan fingerprint density at radius 2 is 2.14 bits per heavy atom. The van der Waals surface area contributed by atoms with Crippen LogP contribution in [0.2, 0.25) is 0 Å². The van der Waals surface area contributed by atoms with Gasteiger partial charge in [0.15, 0.2) is 0 Å². The summed E-state index contributed by atoms with van der Waals surface area (Å²) in [5.41, 5.74) is 6.81. The molecule has 0 aliphatic carbocycles. The van der Waals surface area contributed by atoms with Gasteiger partial charge in [-0.1, -0.05) is 25.2 Å². The maximum atomic E-state index is 12.7. The highest BCUT2D eigenvalue weighted by Crippen LogP contribution is 2.26. The minimum atomic E-state index is -3.60. The summed E-state index contributed by atoms with van der Waals surface area (Å²) in [6.07, 6.45) is 0.0365. The quantitative estimate of drug-likeness (QED) is 0.810. The van der Waals surface area contributed by atoms with Crippen LogP contribution in [0.15, 0.2) is 23.1 Å². The summed E-state index contributed by atoms with van der Waals surface area (Å²) in [5, 5.41) is 9.90. The van der Waals surface area contributed by atoms with E-state index in [2.05, 4.69) is 0 Å². The molecule has 116 valence electrons. The van der Waals surface area contributed by atoms with Gasteiger partial charge in [0.05, 0.1) is 11.0 Å². The predicted octanol–water partition coefficient (Wildman–Crippen LogP) is 1.02. The van der Waals surface area contributed by atoms with Crippen LogP contribution in [0.4, 0.5) is 0 Å². The fourth-order valence-corrected chi connectivity index (χ4v) is 4.28. The SMILES string of the molecule is Cc1cc(C(N)=S)ccc1S(=O)(=O)N1CCC(C)C(O)C1. The first-order valence-electron chi connectivity index (χ1n) is 6.82. The Morgan fingerprint density at radius 1 is 1.48 bits per heavy atom. The molecule has 1 aliphatic heterocycles. The fourth-order valence-electron chi connectivity index (χ4n) is 2.47. The molecule has 0 aromatic heterocycles. The Kier molecular flexibility index (Phi) is 4.67. The normalized spacial score (nSPS) is 24.0. The molecule has 1 saturated heterocycles. The van der Waals surface area contributed by atoms with Crippen LogP contribution in [-0.4, -0.2) is 42.0 Å². The van der Waals surface area contributed by atoms with Crippen LogP contribution in [0.3, 0.4) is 0 Å². The van der Waals surface area contributed by atoms with E-state index in [1.807, 2.05) is 6.92 Å². The van der Waals surface area contributed by atoms with Gasteiger partial charge in [0.1, 0.15) is 4.99 Å². The number of hydrogen-bond acceptors (Lipinski definition) is 4. The first kappa shape index (κ1) is 16.4. The summed E-state index contributed by atoms with van der Waals surface area (Å²) in [6.45, 7) is 4.21. The van der Waals surface area contributed by atoms with Gasteiger partial charge < -0.3 is 10.8 Å². The van der Waals surface area contributed by atoms with Crippen LogP contribution in [0.25, 0.3) is 0 Å². The highest BCUT2D eigenvalue weighted by atomic mass is 32.2. The van der Waals surface area contributed by atoms with Crippen molar-refractivity contribution >= 4 is 27.2 Å². The summed E-state index contributed by atoms with van der Waals surface area (Å²) >= 11 is 4.90. The summed E-state index contributed by atoms with van der Waals surface area (Å²) in [6, 6.07) is 4.83. The summed E-state index contributed by atoms with van der Waals surface area (Å²) in [7, 11) is -3.60. The minimum Gasteiger partial charge on any atom is -0.391 e. The van der Waals surface area contributed by atoms with E-state index in [-0.39, 0.29) is 22.3 Å². The van der Waals surface area contributed by atoms with Crippen molar-refractivity contribution in [2.75, 3.05) is 13.1 Å². The molecule has 2 atom stereocenters. The highest BCUT2D eigenvalue weighted by Gasteiger charge is 2.33. The van der Waals surface area contributed by atoms with E-state index in [9.17, 15) is 13.5 Å². The number of benzene rings is 1. The number of rotatable bonds is 3. The molecular weight excluding hydrogens is 308 g/mol. The van der Waals surface area contributed by atoms with E-state index < -0.39 is 16.1 Å². The third kappa shape index (κ3) is 3.26. The molecule has 0 saturated carbocycles. The van der Waals surface area contributed by atoms with Gasteiger partial charge in [-0.2, -0.15) is 4.31 Å². The minimum absolute atomic E-state index is 0.120. The molecular formula is C14H20N2O3S2. The number of aryl methyl sites for hydroxylation is 1. The lowest BCUT2D eigenvalue weighted by molar-refractivity contribution is 0.0605. The Bertz CT molecular complexity index is 658. The lowest BCUT2D eigenvalue weighted by atomic mass is 9.98. The first-order valence-corrected chi connectivity index (χ1v) is 8.67. The second-order valence-electron chi connectivity index (χ2n) is 5.54. The Morgan fingerprint density at radius 3 is 2.67 bits per heavy atom. The molecule has 1 aliphatic rings. The molecule has 1 heterocycles. The van der Waals surface area contributed by atoms with Crippen molar-refractivity contribution in [3.8, 4) is 0 Å². The number of aliphatic hydroxyl groups excluding tert-OH is 1. The second kappa shape index (κ2) is 6.00. The molecule has 3 N–H and O–H groups in total. The number of hydrogen-bond donors (Lipinski definition) is 2. The molecule has 5 nitrogen and oxygen atoms in total. The monoisotopic (exact) mass is 328 g/mol. The lowest BCUT2D eigenvalue weighted by Gasteiger charge is -2.33. The third-order valence-corrected chi connectivity index (χ3v) is 6.22. The Balaban J connectivity index is 2.34. The van der Waals surface area contributed by atoms with Gasteiger partial charge in [0.2, 0.25) is 10.0 Å². The molecule has 0 bridgehead atoms. The molecule has 0 amide bonds. The Hall–Kier alpha value is -1.02. The van der Waals surface area contributed by atoms with E-state index in [1.54, 1.807) is 19.1 Å². The lowest BCUT2D eigenvalue weighted by Crippen LogP contribution is -2.45. The Labute approximate surface area is 130 Å². The number of sulfonamides is 1. The van der Waals surface area contributed by atoms with Crippen molar-refractivity contribution in [2.24, 2.45) is 11.7 Å². The molecule has 1 fully saturated rings. The number of nitrogens with two attached hydrogens (primary N) is 1. The highest BCUT2D eigenvalue weighted by molar-refractivity contribution is 7.89. The van der Waals surface area contributed by atoms with Gasteiger partial charge in [0.25, 0.3) is 0 Å². The topological polar surface area (TPSA) is 83.6 Å². The van der Waals surface area contributed by atoms with Crippen molar-refractivity contribution < 1.29 is 13.5 Å². The maximum absolute atomic E-state index is 12.7.